The molecule has 0 aliphatic heterocycles. The Labute approximate surface area is 189 Å². The van der Waals surface area contributed by atoms with Gasteiger partial charge in [-0.1, -0.05) is 42.0 Å². The molecule has 0 atom stereocenters. The second-order valence-corrected chi connectivity index (χ2v) is 7.10. The molecule has 2 N–H and O–H groups in total. The topological polar surface area (TPSA) is 68.8 Å². The lowest BCUT2D eigenvalue weighted by atomic mass is 10.2. The molecule has 3 aromatic carbocycles. The first-order valence-electron chi connectivity index (χ1n) is 9.98. The molecule has 0 radical (unpaired) electrons. The van der Waals surface area contributed by atoms with Gasteiger partial charge in [-0.2, -0.15) is 0 Å². The van der Waals surface area contributed by atoms with Gasteiger partial charge in [0.1, 0.15) is 17.2 Å². The summed E-state index contributed by atoms with van der Waals surface area (Å²) in [5, 5.41) is 5.30. The average molecular weight is 460 g/mol. The van der Waals surface area contributed by atoms with E-state index in [9.17, 15) is 18.0 Å². The highest BCUT2D eigenvalue weighted by atomic mass is 19.4. The maximum absolute atomic E-state index is 12.5. The normalized spacial score (nSPS) is 11.1. The van der Waals surface area contributed by atoms with Crippen LogP contribution in [0.4, 0.5) is 23.7 Å². The first-order valence-corrected chi connectivity index (χ1v) is 9.98. The van der Waals surface area contributed by atoms with Crippen LogP contribution in [0.25, 0.3) is 0 Å². The fourth-order valence-corrected chi connectivity index (χ4v) is 2.93. The van der Waals surface area contributed by atoms with E-state index in [1.54, 1.807) is 6.07 Å². The molecule has 0 bridgehead atoms. The smallest absolute Gasteiger partial charge is 0.495 e. The number of methoxy groups -OCH3 is 1. The summed E-state index contributed by atoms with van der Waals surface area (Å²) in [7, 11) is 1.39. The first kappa shape index (κ1) is 23.9. The Morgan fingerprint density at radius 2 is 1.70 bits per heavy atom. The first-order chi connectivity index (χ1) is 15.7. The Morgan fingerprint density at radius 1 is 0.970 bits per heavy atom. The molecule has 0 saturated heterocycles. The summed E-state index contributed by atoms with van der Waals surface area (Å²) in [5.41, 5.74) is 2.29. The van der Waals surface area contributed by atoms with Crippen LogP contribution in [0.5, 0.6) is 17.2 Å². The number of benzene rings is 3. The number of rotatable bonds is 8. The zero-order valence-electron chi connectivity index (χ0n) is 18.0. The highest BCUT2D eigenvalue weighted by Crippen LogP contribution is 2.28. The highest BCUT2D eigenvalue weighted by molar-refractivity contribution is 5.91. The van der Waals surface area contributed by atoms with Gasteiger partial charge in [0, 0.05) is 12.1 Å². The Bertz CT molecular complexity index is 1090. The average Bonchev–Trinajstić information content (AvgIpc) is 2.78. The fraction of sp³-hybridized carbons (Fsp3) is 0.208. The predicted molar refractivity (Wildman–Crippen MR) is 117 cm³/mol. The van der Waals surface area contributed by atoms with Gasteiger partial charge in [-0.05, 0) is 42.8 Å². The summed E-state index contributed by atoms with van der Waals surface area (Å²) >= 11 is 0. The number of aryl methyl sites for hydroxylation is 1. The Hall–Kier alpha value is -3.72. The second-order valence-electron chi connectivity index (χ2n) is 7.10. The van der Waals surface area contributed by atoms with Gasteiger partial charge in [0.05, 0.1) is 19.4 Å². The Balaban J connectivity index is 1.64. The summed E-state index contributed by atoms with van der Waals surface area (Å²) in [6, 6.07) is 18.5. The van der Waals surface area contributed by atoms with Gasteiger partial charge in [-0.15, -0.1) is 13.2 Å². The third kappa shape index (κ3) is 7.43. The molecule has 0 heterocycles. The molecule has 6 nitrogen and oxygen atoms in total. The van der Waals surface area contributed by atoms with Crippen LogP contribution >= 0.6 is 0 Å². The highest BCUT2D eigenvalue weighted by Gasteiger charge is 2.29. The summed E-state index contributed by atoms with van der Waals surface area (Å²) in [6.07, 6.45) is -4.75. The number of ether oxygens (including phenoxy) is 3. The molecular weight excluding hydrogens is 437 g/mol. The SMILES string of the molecule is COc1ccc(COC(F)(F)F)cc1NC(=O)NCc1ccccc1Oc1ccc(C)cc1. The van der Waals surface area contributed by atoms with Crippen molar-refractivity contribution < 1.29 is 32.2 Å². The van der Waals surface area contributed by atoms with Crippen molar-refractivity contribution in [1.29, 1.82) is 0 Å². The Kier molecular flexibility index (Phi) is 7.78. The summed E-state index contributed by atoms with van der Waals surface area (Å²) in [4.78, 5) is 12.5. The van der Waals surface area contributed by atoms with Crippen LogP contribution in [-0.2, 0) is 17.9 Å². The van der Waals surface area contributed by atoms with Crippen molar-refractivity contribution in [2.24, 2.45) is 0 Å². The number of amides is 2. The molecule has 2 amide bonds. The largest absolute Gasteiger partial charge is 0.522 e. The van der Waals surface area contributed by atoms with Crippen LogP contribution in [0.15, 0.2) is 66.7 Å². The van der Waals surface area contributed by atoms with Crippen LogP contribution in [0, 0.1) is 6.92 Å². The lowest BCUT2D eigenvalue weighted by Gasteiger charge is -2.15. The van der Waals surface area contributed by atoms with E-state index in [1.165, 1.54) is 25.3 Å². The van der Waals surface area contributed by atoms with E-state index in [0.717, 1.165) is 11.1 Å². The van der Waals surface area contributed by atoms with Crippen molar-refractivity contribution in [1.82, 2.24) is 5.32 Å². The number of halogens is 3. The molecular formula is C24H23F3N2O4. The molecule has 9 heteroatoms. The second kappa shape index (κ2) is 10.7. The molecule has 3 aromatic rings. The number of hydrogen-bond donors (Lipinski definition) is 2. The molecule has 3 rings (SSSR count). The number of carbonyl (C=O) groups excluding carboxylic acids is 1. The quantitative estimate of drug-likeness (QED) is 0.423. The summed E-state index contributed by atoms with van der Waals surface area (Å²) < 4.78 is 51.9. The van der Waals surface area contributed by atoms with Crippen molar-refractivity contribution in [2.45, 2.75) is 26.4 Å². The number of anilines is 1. The molecule has 0 unspecified atom stereocenters. The van der Waals surface area contributed by atoms with Gasteiger partial charge in [0.25, 0.3) is 0 Å². The van der Waals surface area contributed by atoms with Crippen LogP contribution in [-0.4, -0.2) is 19.5 Å². The van der Waals surface area contributed by atoms with Crippen LogP contribution < -0.4 is 20.1 Å². The number of alkyl halides is 3. The number of urea groups is 1. The van der Waals surface area contributed by atoms with Gasteiger partial charge < -0.3 is 20.1 Å². The third-order valence-corrected chi connectivity index (χ3v) is 4.58. The number of nitrogens with one attached hydrogen (secondary N) is 2. The molecule has 174 valence electrons. The maximum Gasteiger partial charge on any atom is 0.522 e. The number of hydrogen-bond acceptors (Lipinski definition) is 4. The zero-order chi connectivity index (χ0) is 23.8. The molecule has 0 aliphatic rings. The summed E-state index contributed by atoms with van der Waals surface area (Å²) in [6.45, 7) is 1.45. The zero-order valence-corrected chi connectivity index (χ0v) is 18.0. The fourth-order valence-electron chi connectivity index (χ4n) is 2.93. The van der Waals surface area contributed by atoms with Gasteiger partial charge in [0.15, 0.2) is 0 Å². The maximum atomic E-state index is 12.5. The minimum atomic E-state index is -4.75. The van der Waals surface area contributed by atoms with E-state index in [1.807, 2.05) is 49.4 Å². The van der Waals surface area contributed by atoms with Gasteiger partial charge >= 0.3 is 12.4 Å². The van der Waals surface area contributed by atoms with Crippen molar-refractivity contribution in [2.75, 3.05) is 12.4 Å². The van der Waals surface area contributed by atoms with Crippen molar-refractivity contribution in [3.8, 4) is 17.2 Å². The predicted octanol–water partition coefficient (Wildman–Crippen LogP) is 6.15. The van der Waals surface area contributed by atoms with Crippen LogP contribution in [0.3, 0.4) is 0 Å². The van der Waals surface area contributed by atoms with E-state index >= 15 is 0 Å². The van der Waals surface area contributed by atoms with E-state index in [0.29, 0.717) is 17.2 Å². The minimum absolute atomic E-state index is 0.160. The standard InChI is InChI=1S/C24H23F3N2O4/c1-16-7-10-19(11-8-16)33-21-6-4-3-5-18(21)14-28-23(30)29-20-13-17(9-12-22(20)31-2)15-32-24(25,26)27/h3-13H,14-15H2,1-2H3,(H2,28,29,30). The van der Waals surface area contributed by atoms with E-state index < -0.39 is 19.0 Å². The molecule has 0 spiro atoms. The van der Waals surface area contributed by atoms with Crippen molar-refractivity contribution in [3.05, 3.63) is 83.4 Å². The lowest BCUT2D eigenvalue weighted by molar-refractivity contribution is -0.330. The summed E-state index contributed by atoms with van der Waals surface area (Å²) in [5.74, 6) is 1.55. The molecule has 0 aliphatic carbocycles. The van der Waals surface area contributed by atoms with Gasteiger partial charge in [-0.25, -0.2) is 4.79 Å². The number of para-hydroxylation sites is 1. The third-order valence-electron chi connectivity index (χ3n) is 4.58. The van der Waals surface area contributed by atoms with Crippen molar-refractivity contribution >= 4 is 11.7 Å². The minimum Gasteiger partial charge on any atom is -0.495 e. The number of carbonyl (C=O) groups is 1. The lowest BCUT2D eigenvalue weighted by Crippen LogP contribution is -2.28. The molecule has 0 aromatic heterocycles. The Morgan fingerprint density at radius 3 is 2.39 bits per heavy atom. The molecule has 0 saturated carbocycles. The van der Waals surface area contributed by atoms with E-state index in [2.05, 4.69) is 15.4 Å². The van der Waals surface area contributed by atoms with E-state index in [4.69, 9.17) is 9.47 Å². The molecule has 0 fully saturated rings. The van der Waals surface area contributed by atoms with Gasteiger partial charge in [-0.3, -0.25) is 4.74 Å². The van der Waals surface area contributed by atoms with Gasteiger partial charge in [0.2, 0.25) is 0 Å². The van der Waals surface area contributed by atoms with E-state index in [-0.39, 0.29) is 17.8 Å². The molecule has 33 heavy (non-hydrogen) atoms. The van der Waals surface area contributed by atoms with Crippen molar-refractivity contribution in [3.63, 3.8) is 0 Å². The van der Waals surface area contributed by atoms with Crippen LogP contribution in [0.2, 0.25) is 0 Å². The van der Waals surface area contributed by atoms with Crippen LogP contribution in [0.1, 0.15) is 16.7 Å². The monoisotopic (exact) mass is 460 g/mol.